The van der Waals surface area contributed by atoms with E-state index in [1.165, 1.54) is 29.5 Å². The molecule has 0 aliphatic carbocycles. The van der Waals surface area contributed by atoms with Gasteiger partial charge in [0.2, 0.25) is 0 Å². The van der Waals surface area contributed by atoms with E-state index in [2.05, 4.69) is 10.1 Å². The number of carbonyl (C=O) groups is 3. The molecule has 2 amide bonds. The number of amides is 2. The molecule has 2 aromatic rings. The van der Waals surface area contributed by atoms with Gasteiger partial charge in [0, 0.05) is 0 Å². The second-order valence-electron chi connectivity index (χ2n) is 4.32. The fourth-order valence-electron chi connectivity index (χ4n) is 1.95. The molecule has 2 heterocycles. The van der Waals surface area contributed by atoms with Gasteiger partial charge in [-0.25, -0.2) is 9.78 Å². The Kier molecular flexibility index (Phi) is 3.19. The Balaban J connectivity index is 1.65. The summed E-state index contributed by atoms with van der Waals surface area (Å²) < 4.78 is 1.45. The minimum absolute atomic E-state index is 0.0310. The topological polar surface area (TPSA) is 94.4 Å². The Morgan fingerprint density at radius 1 is 1.14 bits per heavy atom. The molecule has 0 radical (unpaired) electrons. The van der Waals surface area contributed by atoms with Crippen molar-refractivity contribution in [2.45, 2.75) is 13.0 Å². The van der Waals surface area contributed by atoms with Crippen molar-refractivity contribution in [2.75, 3.05) is 0 Å². The monoisotopic (exact) mass is 286 g/mol. The lowest BCUT2D eigenvalue weighted by molar-refractivity contribution is -0.168. The third kappa shape index (κ3) is 2.38. The highest BCUT2D eigenvalue weighted by Crippen LogP contribution is 2.22. The molecule has 3 rings (SSSR count). The average molecular weight is 286 g/mol. The van der Waals surface area contributed by atoms with Gasteiger partial charge in [-0.05, 0) is 12.1 Å². The quantitative estimate of drug-likeness (QED) is 0.756. The summed E-state index contributed by atoms with van der Waals surface area (Å²) in [4.78, 5) is 44.2. The predicted molar refractivity (Wildman–Crippen MR) is 67.7 cm³/mol. The lowest BCUT2D eigenvalue weighted by Gasteiger charge is -2.12. The molecule has 1 aromatic heterocycles. The van der Waals surface area contributed by atoms with Crippen LogP contribution in [0.2, 0.25) is 0 Å². The highest BCUT2D eigenvalue weighted by Gasteiger charge is 2.38. The van der Waals surface area contributed by atoms with E-state index in [1.807, 2.05) is 0 Å². The van der Waals surface area contributed by atoms with Crippen molar-refractivity contribution in [3.05, 3.63) is 48.0 Å². The first-order valence-corrected chi connectivity index (χ1v) is 6.18. The smallest absolute Gasteiger partial charge is 0.330 e. The summed E-state index contributed by atoms with van der Waals surface area (Å²) >= 11 is 0. The molecule has 0 N–H and O–H groups in total. The lowest BCUT2D eigenvalue weighted by atomic mass is 10.1. The van der Waals surface area contributed by atoms with Gasteiger partial charge in [0.1, 0.15) is 12.7 Å². The number of rotatable bonds is 4. The summed E-state index contributed by atoms with van der Waals surface area (Å²) in [7, 11) is 0. The summed E-state index contributed by atoms with van der Waals surface area (Å²) in [5, 5.41) is 4.33. The molecule has 0 fully saturated rings. The Labute approximate surface area is 118 Å². The summed E-state index contributed by atoms with van der Waals surface area (Å²) in [6, 6.07) is 6.30. The number of hydrogen-bond donors (Lipinski definition) is 0. The van der Waals surface area contributed by atoms with Crippen LogP contribution in [0.3, 0.4) is 0 Å². The fraction of sp³-hybridized carbons (Fsp3) is 0.154. The largest absolute Gasteiger partial charge is 0.335 e. The summed E-state index contributed by atoms with van der Waals surface area (Å²) in [6.07, 6.45) is 2.77. The fourth-order valence-corrected chi connectivity index (χ4v) is 1.95. The molecule has 0 spiro atoms. The number of nitrogens with zero attached hydrogens (tertiary/aromatic N) is 4. The Hall–Kier alpha value is -3.03. The zero-order valence-corrected chi connectivity index (χ0v) is 10.8. The van der Waals surface area contributed by atoms with Crippen LogP contribution in [-0.2, 0) is 16.2 Å². The predicted octanol–water partition coefficient (Wildman–Crippen LogP) is 0.423. The van der Waals surface area contributed by atoms with Gasteiger partial charge < -0.3 is 4.84 Å². The third-order valence-electron chi connectivity index (χ3n) is 2.96. The van der Waals surface area contributed by atoms with Gasteiger partial charge >= 0.3 is 5.97 Å². The van der Waals surface area contributed by atoms with Crippen LogP contribution in [0.5, 0.6) is 0 Å². The van der Waals surface area contributed by atoms with Crippen molar-refractivity contribution in [2.24, 2.45) is 0 Å². The first-order valence-electron chi connectivity index (χ1n) is 6.18. The van der Waals surface area contributed by atoms with Crippen molar-refractivity contribution in [1.29, 1.82) is 0 Å². The number of hydroxylamine groups is 2. The molecule has 0 unspecified atom stereocenters. The molecule has 8 heteroatoms. The van der Waals surface area contributed by atoms with Crippen LogP contribution < -0.4 is 0 Å². The molecule has 8 nitrogen and oxygen atoms in total. The molecule has 1 aliphatic heterocycles. The van der Waals surface area contributed by atoms with Crippen LogP contribution in [0, 0.1) is 0 Å². The zero-order valence-electron chi connectivity index (χ0n) is 10.8. The van der Waals surface area contributed by atoms with E-state index in [0.29, 0.717) is 5.06 Å². The number of fused-ring (bicyclic) bond motifs is 1. The van der Waals surface area contributed by atoms with E-state index in [4.69, 9.17) is 4.84 Å². The lowest BCUT2D eigenvalue weighted by Crippen LogP contribution is -2.32. The van der Waals surface area contributed by atoms with Crippen LogP contribution >= 0.6 is 0 Å². The number of imide groups is 1. The Morgan fingerprint density at radius 2 is 1.81 bits per heavy atom. The van der Waals surface area contributed by atoms with Gasteiger partial charge in [-0.15, -0.1) is 0 Å². The van der Waals surface area contributed by atoms with Crippen LogP contribution in [0.15, 0.2) is 36.9 Å². The van der Waals surface area contributed by atoms with Crippen molar-refractivity contribution >= 4 is 17.8 Å². The molecular formula is C13H10N4O4. The van der Waals surface area contributed by atoms with Crippen molar-refractivity contribution < 1.29 is 19.2 Å². The minimum atomic E-state index is -0.694. The maximum Gasteiger partial charge on any atom is 0.335 e. The molecule has 0 atom stereocenters. The Bertz CT molecular complexity index is 676. The Morgan fingerprint density at radius 3 is 2.38 bits per heavy atom. The standard InChI is InChI=1S/C13H10N4O4/c18-11(5-6-16-8-14-7-15-16)21-17-12(19)9-3-1-2-4-10(9)13(17)20/h1-4,7-8H,5-6H2. The van der Waals surface area contributed by atoms with Crippen molar-refractivity contribution in [1.82, 2.24) is 19.8 Å². The second-order valence-corrected chi connectivity index (χ2v) is 4.32. The normalized spacial score (nSPS) is 13.4. The van der Waals surface area contributed by atoms with Gasteiger partial charge in [0.25, 0.3) is 11.8 Å². The van der Waals surface area contributed by atoms with Gasteiger partial charge in [0.05, 0.1) is 24.1 Å². The molecule has 21 heavy (non-hydrogen) atoms. The van der Waals surface area contributed by atoms with Crippen LogP contribution in [0.1, 0.15) is 27.1 Å². The van der Waals surface area contributed by atoms with Crippen LogP contribution in [0.25, 0.3) is 0 Å². The van der Waals surface area contributed by atoms with E-state index < -0.39 is 17.8 Å². The van der Waals surface area contributed by atoms with Gasteiger partial charge in [-0.3, -0.25) is 14.3 Å². The third-order valence-corrected chi connectivity index (χ3v) is 2.96. The van der Waals surface area contributed by atoms with E-state index in [-0.39, 0.29) is 24.1 Å². The van der Waals surface area contributed by atoms with E-state index >= 15 is 0 Å². The average Bonchev–Trinajstić information content (AvgIpc) is 3.09. The zero-order chi connectivity index (χ0) is 14.8. The molecular weight excluding hydrogens is 276 g/mol. The van der Waals surface area contributed by atoms with Crippen LogP contribution in [-0.4, -0.2) is 37.6 Å². The number of carbonyl (C=O) groups excluding carboxylic acids is 3. The molecule has 106 valence electrons. The highest BCUT2D eigenvalue weighted by atomic mass is 16.7. The number of aryl methyl sites for hydroxylation is 1. The summed E-state index contributed by atoms with van der Waals surface area (Å²) in [5.41, 5.74) is 0.457. The van der Waals surface area contributed by atoms with Gasteiger partial charge in [-0.2, -0.15) is 5.10 Å². The second kappa shape index (κ2) is 5.16. The first kappa shape index (κ1) is 13.0. The molecule has 0 saturated carbocycles. The molecule has 0 saturated heterocycles. The summed E-state index contributed by atoms with van der Waals surface area (Å²) in [6.45, 7) is 0.252. The number of aromatic nitrogens is 3. The summed E-state index contributed by atoms with van der Waals surface area (Å²) in [5.74, 6) is -1.96. The molecule has 0 bridgehead atoms. The molecule has 1 aromatic carbocycles. The van der Waals surface area contributed by atoms with E-state index in [9.17, 15) is 14.4 Å². The highest BCUT2D eigenvalue weighted by molar-refractivity contribution is 6.20. The minimum Gasteiger partial charge on any atom is -0.330 e. The van der Waals surface area contributed by atoms with Gasteiger partial charge in [0.15, 0.2) is 0 Å². The van der Waals surface area contributed by atoms with E-state index in [1.54, 1.807) is 12.1 Å². The van der Waals surface area contributed by atoms with Crippen LogP contribution in [0.4, 0.5) is 0 Å². The van der Waals surface area contributed by atoms with Crippen molar-refractivity contribution in [3.63, 3.8) is 0 Å². The van der Waals surface area contributed by atoms with E-state index in [0.717, 1.165) is 0 Å². The molecule has 1 aliphatic rings. The van der Waals surface area contributed by atoms with Gasteiger partial charge in [-0.1, -0.05) is 17.2 Å². The number of benzene rings is 1. The number of hydrogen-bond acceptors (Lipinski definition) is 6. The maximum absolute atomic E-state index is 12.0. The SMILES string of the molecule is O=C(CCn1cncn1)ON1C(=O)c2ccccc2C1=O. The first-order chi connectivity index (χ1) is 10.2. The maximum atomic E-state index is 12.0. The van der Waals surface area contributed by atoms with Crippen molar-refractivity contribution in [3.8, 4) is 0 Å².